The fourth-order valence-corrected chi connectivity index (χ4v) is 4.87. The smallest absolute Gasteiger partial charge is 0.261 e. The molecule has 4 aromatic rings. The van der Waals surface area contributed by atoms with Crippen LogP contribution in [0.1, 0.15) is 12.0 Å². The summed E-state index contributed by atoms with van der Waals surface area (Å²) in [5.74, 6) is 0.0573. The van der Waals surface area contributed by atoms with Crippen LogP contribution >= 0.6 is 11.3 Å². The monoisotopic (exact) mass is 434 g/mol. The summed E-state index contributed by atoms with van der Waals surface area (Å²) in [7, 11) is 0. The Morgan fingerprint density at radius 2 is 1.94 bits per heavy atom. The van der Waals surface area contributed by atoms with Crippen LogP contribution in [0.4, 0.5) is 5.13 Å². The number of rotatable bonds is 4. The largest absolute Gasteiger partial charge is 0.344 e. The van der Waals surface area contributed by atoms with Gasteiger partial charge < -0.3 is 9.80 Å². The molecule has 1 amide bonds. The molecule has 31 heavy (non-hydrogen) atoms. The molecular weight excluding hydrogens is 412 g/mol. The Bertz CT molecular complexity index is 1290. The highest BCUT2D eigenvalue weighted by molar-refractivity contribution is 7.21. The van der Waals surface area contributed by atoms with Gasteiger partial charge in [0.25, 0.3) is 5.56 Å². The minimum atomic E-state index is -0.101. The summed E-state index contributed by atoms with van der Waals surface area (Å²) in [4.78, 5) is 43.9. The van der Waals surface area contributed by atoms with Crippen molar-refractivity contribution in [3.63, 3.8) is 0 Å². The average molecular weight is 435 g/mol. The third-order valence-corrected chi connectivity index (χ3v) is 6.72. The molecule has 9 heteroatoms. The number of nitrogens with zero attached hydrogens (tertiary/aromatic N) is 6. The molecule has 1 aliphatic rings. The van der Waals surface area contributed by atoms with Gasteiger partial charge in [-0.3, -0.25) is 14.2 Å². The van der Waals surface area contributed by atoms with Crippen molar-refractivity contribution < 1.29 is 4.79 Å². The van der Waals surface area contributed by atoms with E-state index >= 15 is 0 Å². The number of para-hydroxylation sites is 1. The molecule has 1 aliphatic heterocycles. The highest BCUT2D eigenvalue weighted by atomic mass is 32.1. The summed E-state index contributed by atoms with van der Waals surface area (Å²) in [6, 6.07) is 9.43. The molecule has 1 saturated heterocycles. The second kappa shape index (κ2) is 8.07. The molecule has 0 atom stereocenters. The van der Waals surface area contributed by atoms with E-state index in [0.717, 1.165) is 39.6 Å². The van der Waals surface area contributed by atoms with Crippen molar-refractivity contribution in [2.45, 2.75) is 19.9 Å². The highest BCUT2D eigenvalue weighted by Gasteiger charge is 2.23. The van der Waals surface area contributed by atoms with Crippen LogP contribution in [0.25, 0.3) is 21.3 Å². The highest BCUT2D eigenvalue weighted by Crippen LogP contribution is 2.27. The first-order valence-corrected chi connectivity index (χ1v) is 11.1. The quantitative estimate of drug-likeness (QED) is 0.491. The standard InChI is InChI=1S/C22H22N6O2S/c1-15-4-2-5-16-19(15)24-14-28(21(16)30)9-7-18(29)26-10-12-27(13-11-26)22-25-17-6-3-8-23-20(17)31-22/h2-6,8,14H,7,9-13H2,1H3. The van der Waals surface area contributed by atoms with Crippen LogP contribution in [0.15, 0.2) is 47.7 Å². The number of hydrogen-bond acceptors (Lipinski definition) is 7. The van der Waals surface area contributed by atoms with Crippen LogP contribution in [0.3, 0.4) is 0 Å². The Morgan fingerprint density at radius 1 is 1.10 bits per heavy atom. The van der Waals surface area contributed by atoms with E-state index in [1.54, 1.807) is 29.9 Å². The van der Waals surface area contributed by atoms with E-state index in [0.29, 0.717) is 25.0 Å². The predicted octanol–water partition coefficient (Wildman–Crippen LogP) is 2.45. The van der Waals surface area contributed by atoms with Crippen molar-refractivity contribution >= 4 is 43.6 Å². The van der Waals surface area contributed by atoms with Crippen molar-refractivity contribution in [1.29, 1.82) is 0 Å². The van der Waals surface area contributed by atoms with Gasteiger partial charge in [-0.25, -0.2) is 15.0 Å². The minimum Gasteiger partial charge on any atom is -0.344 e. The van der Waals surface area contributed by atoms with Crippen LogP contribution in [-0.2, 0) is 11.3 Å². The Hall–Kier alpha value is -3.33. The number of piperazine rings is 1. The van der Waals surface area contributed by atoms with Crippen LogP contribution in [0.2, 0.25) is 0 Å². The normalized spacial score (nSPS) is 14.5. The SMILES string of the molecule is Cc1cccc2c(=O)n(CCC(=O)N3CCN(c4nc5cccnc5s4)CC3)cnc12. The van der Waals surface area contributed by atoms with E-state index in [1.165, 1.54) is 4.57 Å². The Kier molecular flexibility index (Phi) is 5.11. The molecule has 1 fully saturated rings. The summed E-state index contributed by atoms with van der Waals surface area (Å²) in [5.41, 5.74) is 2.50. The topological polar surface area (TPSA) is 84.2 Å². The number of aryl methyl sites for hydroxylation is 2. The third-order valence-electron chi connectivity index (χ3n) is 5.68. The molecular formula is C22H22N6O2S. The second-order valence-electron chi connectivity index (χ2n) is 7.66. The van der Waals surface area contributed by atoms with Crippen LogP contribution < -0.4 is 10.5 Å². The number of fused-ring (bicyclic) bond motifs is 2. The van der Waals surface area contributed by atoms with Gasteiger partial charge in [0.05, 0.1) is 17.2 Å². The van der Waals surface area contributed by atoms with Crippen molar-refractivity contribution in [1.82, 2.24) is 24.4 Å². The number of thiazole rings is 1. The number of carbonyl (C=O) groups is 1. The Labute approximate surface area is 182 Å². The van der Waals surface area contributed by atoms with Crippen LogP contribution in [0.5, 0.6) is 0 Å². The molecule has 0 bridgehead atoms. The molecule has 0 aliphatic carbocycles. The third kappa shape index (κ3) is 3.76. The van der Waals surface area contributed by atoms with E-state index < -0.39 is 0 Å². The maximum atomic E-state index is 12.7. The van der Waals surface area contributed by atoms with Gasteiger partial charge in [-0.05, 0) is 30.7 Å². The minimum absolute atomic E-state index is 0.0573. The lowest BCUT2D eigenvalue weighted by Crippen LogP contribution is -2.49. The van der Waals surface area contributed by atoms with E-state index in [-0.39, 0.29) is 17.9 Å². The van der Waals surface area contributed by atoms with Gasteiger partial charge in [0, 0.05) is 45.3 Å². The van der Waals surface area contributed by atoms with Gasteiger partial charge in [0.15, 0.2) is 5.13 Å². The number of anilines is 1. The number of pyridine rings is 1. The van der Waals surface area contributed by atoms with Gasteiger partial charge in [0.2, 0.25) is 5.91 Å². The molecule has 1 aromatic carbocycles. The maximum absolute atomic E-state index is 12.7. The van der Waals surface area contributed by atoms with Crippen molar-refractivity contribution in [2.24, 2.45) is 0 Å². The molecule has 0 unspecified atom stereocenters. The van der Waals surface area contributed by atoms with Crippen LogP contribution in [-0.4, -0.2) is 56.5 Å². The molecule has 4 heterocycles. The lowest BCUT2D eigenvalue weighted by molar-refractivity contribution is -0.131. The first-order chi connectivity index (χ1) is 15.1. The number of carbonyl (C=O) groups excluding carboxylic acids is 1. The Balaban J connectivity index is 1.21. The van der Waals surface area contributed by atoms with E-state index in [4.69, 9.17) is 0 Å². The van der Waals surface area contributed by atoms with Crippen molar-refractivity contribution in [2.75, 3.05) is 31.1 Å². The number of hydrogen-bond donors (Lipinski definition) is 0. The van der Waals surface area contributed by atoms with Gasteiger partial charge in [0.1, 0.15) is 10.3 Å². The predicted molar refractivity (Wildman–Crippen MR) is 122 cm³/mol. The lowest BCUT2D eigenvalue weighted by atomic mass is 10.1. The summed E-state index contributed by atoms with van der Waals surface area (Å²) in [6.07, 6.45) is 3.60. The molecule has 8 nitrogen and oxygen atoms in total. The van der Waals surface area contributed by atoms with Crippen molar-refractivity contribution in [3.05, 3.63) is 58.8 Å². The first-order valence-electron chi connectivity index (χ1n) is 10.3. The Morgan fingerprint density at radius 3 is 2.74 bits per heavy atom. The summed E-state index contributed by atoms with van der Waals surface area (Å²) >= 11 is 1.58. The zero-order chi connectivity index (χ0) is 21.4. The summed E-state index contributed by atoms with van der Waals surface area (Å²) < 4.78 is 1.53. The average Bonchev–Trinajstić information content (AvgIpc) is 3.23. The fraction of sp³-hybridized carbons (Fsp3) is 0.318. The van der Waals surface area contributed by atoms with E-state index in [9.17, 15) is 9.59 Å². The van der Waals surface area contributed by atoms with Gasteiger partial charge in [-0.2, -0.15) is 0 Å². The fourth-order valence-electron chi connectivity index (χ4n) is 3.91. The molecule has 158 valence electrons. The van der Waals surface area contributed by atoms with Gasteiger partial charge in [-0.1, -0.05) is 23.5 Å². The second-order valence-corrected chi connectivity index (χ2v) is 8.61. The summed E-state index contributed by atoms with van der Waals surface area (Å²) in [5, 5.41) is 1.54. The molecule has 0 radical (unpaired) electrons. The van der Waals surface area contributed by atoms with Gasteiger partial charge in [-0.15, -0.1) is 0 Å². The number of benzene rings is 1. The summed E-state index contributed by atoms with van der Waals surface area (Å²) in [6.45, 7) is 5.04. The molecule has 0 saturated carbocycles. The zero-order valence-electron chi connectivity index (χ0n) is 17.2. The molecule has 0 spiro atoms. The first kappa shape index (κ1) is 19.6. The molecule has 3 aromatic heterocycles. The van der Waals surface area contributed by atoms with Crippen molar-refractivity contribution in [3.8, 4) is 0 Å². The zero-order valence-corrected chi connectivity index (χ0v) is 18.0. The van der Waals surface area contributed by atoms with Crippen LogP contribution in [0, 0.1) is 6.92 Å². The maximum Gasteiger partial charge on any atom is 0.261 e. The van der Waals surface area contributed by atoms with E-state index in [1.807, 2.05) is 36.1 Å². The number of aromatic nitrogens is 4. The lowest BCUT2D eigenvalue weighted by Gasteiger charge is -2.34. The number of amides is 1. The van der Waals surface area contributed by atoms with E-state index in [2.05, 4.69) is 19.9 Å². The molecule has 5 rings (SSSR count). The molecule has 0 N–H and O–H groups in total. The van der Waals surface area contributed by atoms with Gasteiger partial charge >= 0.3 is 0 Å².